The SMILES string of the molecule is CCC1(CC)OB(C2=C(c3ccc(C(F)(F)F)cc3)C(=O)N(Cc3ccccc3)C2)OC1(CC)CC. The van der Waals surface area contributed by atoms with Gasteiger partial charge in [-0.25, -0.2) is 0 Å². The predicted octanol–water partition coefficient (Wildman–Crippen LogP) is 6.69. The predicted molar refractivity (Wildman–Crippen MR) is 135 cm³/mol. The van der Waals surface area contributed by atoms with Crippen LogP contribution in [-0.2, 0) is 26.8 Å². The van der Waals surface area contributed by atoms with E-state index in [2.05, 4.69) is 27.7 Å². The van der Waals surface area contributed by atoms with Gasteiger partial charge in [0.1, 0.15) is 0 Å². The van der Waals surface area contributed by atoms with Crippen molar-refractivity contribution in [2.24, 2.45) is 0 Å². The number of benzene rings is 2. The van der Waals surface area contributed by atoms with E-state index in [1.807, 2.05) is 30.3 Å². The van der Waals surface area contributed by atoms with Crippen molar-refractivity contribution in [1.29, 1.82) is 0 Å². The van der Waals surface area contributed by atoms with Gasteiger partial charge >= 0.3 is 13.3 Å². The van der Waals surface area contributed by atoms with Crippen LogP contribution in [0.3, 0.4) is 0 Å². The zero-order chi connectivity index (χ0) is 26.1. The summed E-state index contributed by atoms with van der Waals surface area (Å²) in [7, 11) is -0.744. The molecule has 2 aromatic rings. The van der Waals surface area contributed by atoms with Crippen molar-refractivity contribution >= 4 is 18.6 Å². The van der Waals surface area contributed by atoms with Gasteiger partial charge in [-0.1, -0.05) is 70.2 Å². The number of rotatable bonds is 8. The molecule has 8 heteroatoms. The highest BCUT2D eigenvalue weighted by Crippen LogP contribution is 2.49. The fourth-order valence-electron chi connectivity index (χ4n) is 5.82. The van der Waals surface area contributed by atoms with Gasteiger partial charge < -0.3 is 14.2 Å². The summed E-state index contributed by atoms with van der Waals surface area (Å²) in [4.78, 5) is 15.4. The summed E-state index contributed by atoms with van der Waals surface area (Å²) in [6.45, 7) is 9.02. The lowest BCUT2D eigenvalue weighted by atomic mass is 9.75. The lowest BCUT2D eigenvalue weighted by Crippen LogP contribution is -2.50. The number of hydrogen-bond donors (Lipinski definition) is 0. The van der Waals surface area contributed by atoms with Gasteiger partial charge in [-0.2, -0.15) is 13.2 Å². The second-order valence-electron chi connectivity index (χ2n) is 9.59. The number of halogens is 3. The maximum Gasteiger partial charge on any atom is 0.493 e. The third-order valence-corrected chi connectivity index (χ3v) is 7.97. The normalized spacial score (nSPS) is 19.5. The van der Waals surface area contributed by atoms with Gasteiger partial charge in [0.15, 0.2) is 0 Å². The van der Waals surface area contributed by atoms with Crippen molar-refractivity contribution in [3.63, 3.8) is 0 Å². The molecule has 192 valence electrons. The van der Waals surface area contributed by atoms with Crippen LogP contribution in [0.15, 0.2) is 60.1 Å². The van der Waals surface area contributed by atoms with Gasteiger partial charge in [-0.05, 0) is 54.4 Å². The van der Waals surface area contributed by atoms with Crippen molar-refractivity contribution < 1.29 is 27.3 Å². The molecule has 0 N–H and O–H groups in total. The van der Waals surface area contributed by atoms with E-state index in [4.69, 9.17) is 9.31 Å². The number of carbonyl (C=O) groups excluding carboxylic acids is 1. The monoisotopic (exact) mass is 499 g/mol. The lowest BCUT2D eigenvalue weighted by molar-refractivity contribution is -0.137. The van der Waals surface area contributed by atoms with Crippen molar-refractivity contribution in [2.45, 2.75) is 77.3 Å². The summed E-state index contributed by atoms with van der Waals surface area (Å²) in [5.41, 5.74) is 0.694. The van der Waals surface area contributed by atoms with E-state index in [1.54, 1.807) is 4.90 Å². The molecule has 36 heavy (non-hydrogen) atoms. The largest absolute Gasteiger partial charge is 0.493 e. The third-order valence-electron chi connectivity index (χ3n) is 7.97. The van der Waals surface area contributed by atoms with Crippen LogP contribution in [-0.4, -0.2) is 35.7 Å². The molecule has 0 aromatic heterocycles. The maximum atomic E-state index is 13.7. The minimum atomic E-state index is -4.45. The number of hydrogen-bond acceptors (Lipinski definition) is 3. The summed E-state index contributed by atoms with van der Waals surface area (Å²) >= 11 is 0. The number of alkyl halides is 3. The standard InChI is InChI=1S/C28H33BF3NO3/c1-5-26(6-2)27(7-3,8-4)36-29(35-26)23-19-33(18-20-12-10-9-11-13-20)25(34)24(23)21-14-16-22(17-15-21)28(30,31)32/h9-17H,5-8,18-19H2,1-4H3. The highest BCUT2D eigenvalue weighted by Gasteiger charge is 2.60. The molecule has 0 atom stereocenters. The van der Waals surface area contributed by atoms with Crippen molar-refractivity contribution in [3.8, 4) is 0 Å². The highest BCUT2D eigenvalue weighted by atomic mass is 19.4. The highest BCUT2D eigenvalue weighted by molar-refractivity contribution is 6.59. The first-order valence-electron chi connectivity index (χ1n) is 12.7. The van der Waals surface area contributed by atoms with Crippen molar-refractivity contribution in [1.82, 2.24) is 4.90 Å². The summed E-state index contributed by atoms with van der Waals surface area (Å²) in [5.74, 6) is -0.232. The quantitative estimate of drug-likeness (QED) is 0.380. The molecule has 0 aliphatic carbocycles. The Morgan fingerprint density at radius 3 is 1.86 bits per heavy atom. The van der Waals surface area contributed by atoms with Crippen molar-refractivity contribution in [2.75, 3.05) is 6.54 Å². The Hall–Kier alpha value is -2.58. The molecule has 2 aromatic carbocycles. The molecule has 1 amide bonds. The van der Waals surface area contributed by atoms with Gasteiger partial charge in [-0.15, -0.1) is 0 Å². The molecule has 4 nitrogen and oxygen atoms in total. The molecule has 4 rings (SSSR count). The Bertz CT molecular complexity index is 1090. The minimum absolute atomic E-state index is 0.232. The third kappa shape index (κ3) is 4.50. The Balaban J connectivity index is 1.76. The average Bonchev–Trinajstić information content (AvgIpc) is 3.39. The summed E-state index contributed by atoms with van der Waals surface area (Å²) < 4.78 is 52.9. The van der Waals surface area contributed by atoms with E-state index in [0.717, 1.165) is 43.4 Å². The Labute approximate surface area is 211 Å². The van der Waals surface area contributed by atoms with Gasteiger partial charge in [-0.3, -0.25) is 4.79 Å². The second-order valence-corrected chi connectivity index (χ2v) is 9.59. The van der Waals surface area contributed by atoms with Crippen LogP contribution in [0.5, 0.6) is 0 Å². The van der Waals surface area contributed by atoms with E-state index in [0.29, 0.717) is 29.7 Å². The fourth-order valence-corrected chi connectivity index (χ4v) is 5.82. The van der Waals surface area contributed by atoms with E-state index in [9.17, 15) is 18.0 Å². The molecule has 0 unspecified atom stereocenters. The van der Waals surface area contributed by atoms with Crippen LogP contribution in [0, 0.1) is 0 Å². The summed E-state index contributed by atoms with van der Waals surface area (Å²) in [6, 6.07) is 14.4. The van der Waals surface area contributed by atoms with E-state index in [-0.39, 0.29) is 5.91 Å². The topological polar surface area (TPSA) is 38.8 Å². The molecular formula is C28H33BF3NO3. The zero-order valence-electron chi connectivity index (χ0n) is 21.3. The van der Waals surface area contributed by atoms with E-state index >= 15 is 0 Å². The number of nitrogens with zero attached hydrogens (tertiary/aromatic N) is 1. The molecule has 1 fully saturated rings. The average molecular weight is 499 g/mol. The Morgan fingerprint density at radius 2 is 1.39 bits per heavy atom. The number of amides is 1. The Morgan fingerprint density at radius 1 is 0.861 bits per heavy atom. The lowest BCUT2D eigenvalue weighted by Gasteiger charge is -2.42. The summed E-state index contributed by atoms with van der Waals surface area (Å²) in [6.07, 6.45) is -1.42. The van der Waals surface area contributed by atoms with Crippen LogP contribution in [0.4, 0.5) is 13.2 Å². The molecule has 0 spiro atoms. The van der Waals surface area contributed by atoms with Crippen LogP contribution >= 0.6 is 0 Å². The molecule has 2 heterocycles. The van der Waals surface area contributed by atoms with E-state index in [1.165, 1.54) is 12.1 Å². The zero-order valence-corrected chi connectivity index (χ0v) is 21.3. The first-order valence-corrected chi connectivity index (χ1v) is 12.7. The molecule has 0 saturated carbocycles. The smallest absolute Gasteiger partial charge is 0.399 e. The molecular weight excluding hydrogens is 466 g/mol. The van der Waals surface area contributed by atoms with Crippen LogP contribution in [0.1, 0.15) is 70.1 Å². The minimum Gasteiger partial charge on any atom is -0.399 e. The molecule has 0 radical (unpaired) electrons. The van der Waals surface area contributed by atoms with Crippen LogP contribution in [0.2, 0.25) is 0 Å². The summed E-state index contributed by atoms with van der Waals surface area (Å²) in [5, 5.41) is 0. The fraction of sp³-hybridized carbons (Fsp3) is 0.464. The van der Waals surface area contributed by atoms with Crippen molar-refractivity contribution in [3.05, 3.63) is 76.8 Å². The maximum absolute atomic E-state index is 13.7. The molecule has 0 bridgehead atoms. The Kier molecular flexibility index (Phi) is 7.40. The number of carbonyl (C=O) groups is 1. The van der Waals surface area contributed by atoms with Gasteiger partial charge in [0.2, 0.25) is 0 Å². The van der Waals surface area contributed by atoms with Crippen LogP contribution < -0.4 is 0 Å². The second kappa shape index (κ2) is 10.1. The molecule has 2 aliphatic heterocycles. The van der Waals surface area contributed by atoms with Gasteiger partial charge in [0.05, 0.1) is 16.8 Å². The molecule has 2 aliphatic rings. The first kappa shape index (κ1) is 26.5. The van der Waals surface area contributed by atoms with Gasteiger partial charge in [0, 0.05) is 18.7 Å². The van der Waals surface area contributed by atoms with E-state index < -0.39 is 30.1 Å². The van der Waals surface area contributed by atoms with Crippen LogP contribution in [0.25, 0.3) is 5.57 Å². The van der Waals surface area contributed by atoms with Gasteiger partial charge in [0.25, 0.3) is 5.91 Å². The first-order chi connectivity index (χ1) is 17.1. The molecule has 1 saturated heterocycles.